The fraction of sp³-hybridized carbons (Fsp3) is 0.538. The molecular weight excluding hydrogens is 280 g/mol. The van der Waals surface area contributed by atoms with E-state index in [1.165, 1.54) is 12.1 Å². The maximum atomic E-state index is 12.3. The molecule has 2 rings (SSSR count). The van der Waals surface area contributed by atoms with Gasteiger partial charge in [-0.15, -0.1) is 6.58 Å². The van der Waals surface area contributed by atoms with Gasteiger partial charge < -0.3 is 14.8 Å². The molecule has 0 amide bonds. The third-order valence-electron chi connectivity index (χ3n) is 3.06. The van der Waals surface area contributed by atoms with E-state index in [2.05, 4.69) is 11.9 Å². The molecule has 0 aromatic carbocycles. The Morgan fingerprint density at radius 3 is 2.85 bits per heavy atom. The minimum absolute atomic E-state index is 0.0186. The van der Waals surface area contributed by atoms with Crippen LogP contribution in [-0.2, 0) is 16.6 Å². The highest BCUT2D eigenvalue weighted by Crippen LogP contribution is 2.22. The van der Waals surface area contributed by atoms with Crippen molar-refractivity contribution < 1.29 is 17.9 Å². The van der Waals surface area contributed by atoms with E-state index >= 15 is 0 Å². The Bertz CT molecular complexity index is 548. The van der Waals surface area contributed by atoms with Gasteiger partial charge in [0, 0.05) is 19.1 Å². The van der Waals surface area contributed by atoms with Crippen molar-refractivity contribution >= 4 is 10.0 Å². The predicted molar refractivity (Wildman–Crippen MR) is 74.6 cm³/mol. The van der Waals surface area contributed by atoms with Crippen molar-refractivity contribution in [1.82, 2.24) is 9.62 Å². The molecule has 1 aliphatic carbocycles. The molecule has 1 aromatic heterocycles. The molecule has 20 heavy (non-hydrogen) atoms. The van der Waals surface area contributed by atoms with Gasteiger partial charge in [-0.05, 0) is 25.0 Å². The summed E-state index contributed by atoms with van der Waals surface area (Å²) in [6.07, 6.45) is 3.80. The summed E-state index contributed by atoms with van der Waals surface area (Å²) in [6.45, 7) is 3.96. The zero-order valence-corrected chi connectivity index (χ0v) is 12.1. The average molecular weight is 300 g/mol. The fourth-order valence-corrected chi connectivity index (χ4v) is 3.15. The smallest absolute Gasteiger partial charge is 0.276 e. The molecule has 0 radical (unpaired) electrons. The zero-order valence-electron chi connectivity index (χ0n) is 11.3. The van der Waals surface area contributed by atoms with Crippen molar-refractivity contribution in [3.05, 3.63) is 30.5 Å². The van der Waals surface area contributed by atoms with Crippen LogP contribution in [0, 0.1) is 0 Å². The second-order valence-electron chi connectivity index (χ2n) is 4.75. The first kappa shape index (κ1) is 15.2. The number of hydrogen-bond acceptors (Lipinski definition) is 5. The molecule has 7 heteroatoms. The Morgan fingerprint density at radius 2 is 2.25 bits per heavy atom. The molecule has 0 saturated heterocycles. The Hall–Kier alpha value is -1.15. The minimum Gasteiger partial charge on any atom is -0.447 e. The molecule has 112 valence electrons. The summed E-state index contributed by atoms with van der Waals surface area (Å²) < 4.78 is 31.2. The number of nitrogens with zero attached hydrogens (tertiary/aromatic N) is 1. The minimum atomic E-state index is -3.72. The van der Waals surface area contributed by atoms with Crippen molar-refractivity contribution in [2.75, 3.05) is 19.7 Å². The van der Waals surface area contributed by atoms with Crippen LogP contribution in [0.3, 0.4) is 0 Å². The molecular formula is C13H20N2O4S. The number of aliphatic hydroxyl groups excluding tert-OH is 1. The number of furan rings is 1. The predicted octanol–water partition coefficient (Wildman–Crippen LogP) is 0.701. The van der Waals surface area contributed by atoms with Crippen LogP contribution in [0.15, 0.2) is 34.3 Å². The van der Waals surface area contributed by atoms with Gasteiger partial charge in [-0.25, -0.2) is 8.42 Å². The normalized spacial score (nSPS) is 15.7. The quantitative estimate of drug-likeness (QED) is 0.656. The SMILES string of the molecule is C=CCN(CCO)S(=O)(=O)c1ccc(CNC2CC2)o1. The Balaban J connectivity index is 2.08. The van der Waals surface area contributed by atoms with E-state index in [0.717, 1.165) is 17.1 Å². The lowest BCUT2D eigenvalue weighted by molar-refractivity contribution is 0.257. The van der Waals surface area contributed by atoms with E-state index in [1.54, 1.807) is 6.07 Å². The zero-order chi connectivity index (χ0) is 14.6. The molecule has 1 aliphatic rings. The van der Waals surface area contributed by atoms with Gasteiger partial charge in [0.25, 0.3) is 10.0 Å². The van der Waals surface area contributed by atoms with Gasteiger partial charge in [-0.3, -0.25) is 0 Å². The van der Waals surface area contributed by atoms with E-state index in [9.17, 15) is 8.42 Å². The highest BCUT2D eigenvalue weighted by molar-refractivity contribution is 7.89. The molecule has 0 bridgehead atoms. The third-order valence-corrected chi connectivity index (χ3v) is 4.79. The summed E-state index contributed by atoms with van der Waals surface area (Å²) in [5, 5.41) is 12.1. The average Bonchev–Trinajstić information content (AvgIpc) is 3.12. The Labute approximate surface area is 119 Å². The largest absolute Gasteiger partial charge is 0.447 e. The van der Waals surface area contributed by atoms with E-state index in [4.69, 9.17) is 9.52 Å². The van der Waals surface area contributed by atoms with Crippen molar-refractivity contribution in [3.8, 4) is 0 Å². The molecule has 1 heterocycles. The van der Waals surface area contributed by atoms with E-state index in [-0.39, 0.29) is 24.8 Å². The van der Waals surface area contributed by atoms with Gasteiger partial charge in [-0.1, -0.05) is 6.08 Å². The van der Waals surface area contributed by atoms with Crippen LogP contribution in [0.4, 0.5) is 0 Å². The molecule has 1 aromatic rings. The number of hydrogen-bond donors (Lipinski definition) is 2. The molecule has 1 saturated carbocycles. The molecule has 0 atom stereocenters. The van der Waals surface area contributed by atoms with Crippen LogP contribution in [0.2, 0.25) is 0 Å². The molecule has 0 spiro atoms. The van der Waals surface area contributed by atoms with Gasteiger partial charge in [-0.2, -0.15) is 4.31 Å². The maximum Gasteiger partial charge on any atom is 0.276 e. The van der Waals surface area contributed by atoms with Gasteiger partial charge in [0.15, 0.2) is 0 Å². The van der Waals surface area contributed by atoms with Crippen LogP contribution in [0.5, 0.6) is 0 Å². The van der Waals surface area contributed by atoms with Crippen LogP contribution in [0.25, 0.3) is 0 Å². The summed E-state index contributed by atoms with van der Waals surface area (Å²) >= 11 is 0. The highest BCUT2D eigenvalue weighted by atomic mass is 32.2. The molecule has 1 fully saturated rings. The summed E-state index contributed by atoms with van der Waals surface area (Å²) in [5.41, 5.74) is 0. The topological polar surface area (TPSA) is 82.8 Å². The van der Waals surface area contributed by atoms with Crippen molar-refractivity contribution in [2.24, 2.45) is 0 Å². The maximum absolute atomic E-state index is 12.3. The monoisotopic (exact) mass is 300 g/mol. The van der Waals surface area contributed by atoms with Gasteiger partial charge in [0.2, 0.25) is 5.09 Å². The standard InChI is InChI=1S/C13H20N2O4S/c1-2-7-15(8-9-16)20(17,18)13-6-5-12(19-13)10-14-11-3-4-11/h2,5-6,11,14,16H,1,3-4,7-10H2. The summed E-state index contributed by atoms with van der Waals surface area (Å²) in [6, 6.07) is 3.65. The number of aliphatic hydroxyl groups is 1. The fourth-order valence-electron chi connectivity index (χ4n) is 1.82. The van der Waals surface area contributed by atoms with Crippen molar-refractivity contribution in [2.45, 2.75) is 30.5 Å². The first-order valence-corrected chi connectivity index (χ1v) is 8.06. The summed E-state index contributed by atoms with van der Waals surface area (Å²) in [5.74, 6) is 0.595. The Morgan fingerprint density at radius 1 is 1.50 bits per heavy atom. The third kappa shape index (κ3) is 3.69. The van der Waals surface area contributed by atoms with Crippen LogP contribution in [-0.4, -0.2) is 43.6 Å². The Kier molecular flexibility index (Phi) is 4.98. The number of sulfonamides is 1. The van der Waals surface area contributed by atoms with Crippen molar-refractivity contribution in [1.29, 1.82) is 0 Å². The van der Waals surface area contributed by atoms with Crippen LogP contribution in [0.1, 0.15) is 18.6 Å². The lowest BCUT2D eigenvalue weighted by atomic mass is 10.4. The highest BCUT2D eigenvalue weighted by Gasteiger charge is 2.27. The first-order chi connectivity index (χ1) is 9.57. The van der Waals surface area contributed by atoms with E-state index < -0.39 is 10.0 Å². The molecule has 0 aliphatic heterocycles. The molecule has 6 nitrogen and oxygen atoms in total. The lowest BCUT2D eigenvalue weighted by Gasteiger charge is -2.17. The second kappa shape index (κ2) is 6.53. The van der Waals surface area contributed by atoms with Gasteiger partial charge in [0.1, 0.15) is 5.76 Å². The summed E-state index contributed by atoms with van der Waals surface area (Å²) in [7, 11) is -3.72. The lowest BCUT2D eigenvalue weighted by Crippen LogP contribution is -2.33. The molecule has 0 unspecified atom stereocenters. The summed E-state index contributed by atoms with van der Waals surface area (Å²) in [4.78, 5) is 0. The van der Waals surface area contributed by atoms with Crippen LogP contribution >= 0.6 is 0 Å². The van der Waals surface area contributed by atoms with Gasteiger partial charge >= 0.3 is 0 Å². The van der Waals surface area contributed by atoms with Gasteiger partial charge in [0.05, 0.1) is 13.2 Å². The van der Waals surface area contributed by atoms with E-state index in [0.29, 0.717) is 18.3 Å². The second-order valence-corrected chi connectivity index (χ2v) is 6.62. The molecule has 2 N–H and O–H groups in total. The van der Waals surface area contributed by atoms with Crippen molar-refractivity contribution in [3.63, 3.8) is 0 Å². The number of nitrogens with one attached hydrogen (secondary N) is 1. The van der Waals surface area contributed by atoms with E-state index in [1.807, 2.05) is 0 Å². The van der Waals surface area contributed by atoms with Crippen LogP contribution < -0.4 is 5.32 Å². The number of rotatable bonds is 9. The first-order valence-electron chi connectivity index (χ1n) is 6.62.